The van der Waals surface area contributed by atoms with E-state index in [9.17, 15) is 4.79 Å². The lowest BCUT2D eigenvalue weighted by Crippen LogP contribution is -2.54. The Kier molecular flexibility index (Phi) is 5.42. The molecule has 2 aliphatic rings. The van der Waals surface area contributed by atoms with Crippen LogP contribution in [0, 0.1) is 12.3 Å². The van der Waals surface area contributed by atoms with E-state index >= 15 is 0 Å². The Morgan fingerprint density at radius 1 is 1.42 bits per heavy atom. The normalized spacial score (nSPS) is 25.7. The topological polar surface area (TPSA) is 48.9 Å². The number of nitrogens with zero attached hydrogens (tertiary/aromatic N) is 4. The zero-order valence-electron chi connectivity index (χ0n) is 15.0. The van der Waals surface area contributed by atoms with Crippen molar-refractivity contribution in [1.29, 1.82) is 0 Å². The lowest BCUT2D eigenvalue weighted by Gasteiger charge is -2.44. The van der Waals surface area contributed by atoms with Gasteiger partial charge < -0.3 is 14.5 Å². The second kappa shape index (κ2) is 7.37. The maximum atomic E-state index is 12.4. The third-order valence-electron chi connectivity index (χ3n) is 4.89. The van der Waals surface area contributed by atoms with Gasteiger partial charge in [-0.05, 0) is 19.8 Å². The van der Waals surface area contributed by atoms with Gasteiger partial charge in [0, 0.05) is 57.6 Å². The van der Waals surface area contributed by atoms with Gasteiger partial charge in [-0.3, -0.25) is 4.90 Å². The SMILES string of the molecule is Cc1nc(CN2CCOC[C@@]3(CCCN(C(=O)N(C)C)C3)C2)cs1. The predicted molar refractivity (Wildman–Crippen MR) is 95.3 cm³/mol. The first-order valence-electron chi connectivity index (χ1n) is 8.65. The van der Waals surface area contributed by atoms with E-state index in [1.54, 1.807) is 16.2 Å². The average Bonchev–Trinajstić information content (AvgIpc) is 2.85. The number of aryl methyl sites for hydroxylation is 1. The number of thiazole rings is 1. The number of piperidine rings is 1. The quantitative estimate of drug-likeness (QED) is 0.817. The van der Waals surface area contributed by atoms with Gasteiger partial charge in [0.05, 0.1) is 23.9 Å². The Hall–Kier alpha value is -1.18. The van der Waals surface area contributed by atoms with Crippen LogP contribution in [0.3, 0.4) is 0 Å². The summed E-state index contributed by atoms with van der Waals surface area (Å²) in [5.41, 5.74) is 1.19. The summed E-state index contributed by atoms with van der Waals surface area (Å²) in [7, 11) is 3.65. The van der Waals surface area contributed by atoms with E-state index in [1.165, 1.54) is 0 Å². The summed E-state index contributed by atoms with van der Waals surface area (Å²) in [6.45, 7) is 7.97. The van der Waals surface area contributed by atoms with Crippen LogP contribution in [0.25, 0.3) is 0 Å². The maximum Gasteiger partial charge on any atom is 0.319 e. The van der Waals surface area contributed by atoms with Crippen molar-refractivity contribution in [3.63, 3.8) is 0 Å². The van der Waals surface area contributed by atoms with Crippen molar-refractivity contribution in [2.75, 3.05) is 53.5 Å². The number of carbonyl (C=O) groups is 1. The molecule has 0 N–H and O–H groups in total. The van der Waals surface area contributed by atoms with E-state index in [4.69, 9.17) is 4.74 Å². The summed E-state index contributed by atoms with van der Waals surface area (Å²) in [6.07, 6.45) is 2.17. The molecule has 0 aliphatic carbocycles. The van der Waals surface area contributed by atoms with Gasteiger partial charge in [0.25, 0.3) is 0 Å². The fraction of sp³-hybridized carbons (Fsp3) is 0.765. The summed E-state index contributed by atoms with van der Waals surface area (Å²) >= 11 is 1.71. The summed E-state index contributed by atoms with van der Waals surface area (Å²) in [4.78, 5) is 23.1. The number of ether oxygens (including phenoxy) is 1. The van der Waals surface area contributed by atoms with Crippen molar-refractivity contribution in [1.82, 2.24) is 19.7 Å². The highest BCUT2D eigenvalue weighted by Crippen LogP contribution is 2.33. The standard InChI is InChI=1S/C17H28N4O2S/c1-14-18-15(10-24-14)9-20-7-8-23-13-17(11-20)5-4-6-21(12-17)16(22)19(2)3/h10H,4-9,11-13H2,1-3H3/t17-/m0/s1. The number of urea groups is 1. The molecular formula is C17H28N4O2S. The van der Waals surface area contributed by atoms with Crippen molar-refractivity contribution in [2.24, 2.45) is 5.41 Å². The zero-order valence-corrected chi connectivity index (χ0v) is 15.8. The number of rotatable bonds is 2. The second-order valence-electron chi connectivity index (χ2n) is 7.32. The zero-order chi connectivity index (χ0) is 17.2. The molecule has 24 heavy (non-hydrogen) atoms. The van der Waals surface area contributed by atoms with Crippen LogP contribution < -0.4 is 0 Å². The van der Waals surface area contributed by atoms with Crippen molar-refractivity contribution in [3.8, 4) is 0 Å². The van der Waals surface area contributed by atoms with Gasteiger partial charge in [-0.15, -0.1) is 11.3 Å². The number of hydrogen-bond acceptors (Lipinski definition) is 5. The van der Waals surface area contributed by atoms with Gasteiger partial charge >= 0.3 is 6.03 Å². The van der Waals surface area contributed by atoms with E-state index < -0.39 is 0 Å². The largest absolute Gasteiger partial charge is 0.379 e. The number of hydrogen-bond donors (Lipinski definition) is 0. The lowest BCUT2D eigenvalue weighted by atomic mass is 9.80. The van der Waals surface area contributed by atoms with Crippen LogP contribution in [-0.4, -0.2) is 79.2 Å². The van der Waals surface area contributed by atoms with Crippen LogP contribution in [0.1, 0.15) is 23.5 Å². The summed E-state index contributed by atoms with van der Waals surface area (Å²) in [5.74, 6) is 0. The Morgan fingerprint density at radius 3 is 2.96 bits per heavy atom. The van der Waals surface area contributed by atoms with Gasteiger partial charge in [-0.2, -0.15) is 0 Å². The molecule has 3 heterocycles. The molecule has 0 aromatic carbocycles. The van der Waals surface area contributed by atoms with Gasteiger partial charge in [-0.1, -0.05) is 0 Å². The molecule has 2 amide bonds. The van der Waals surface area contributed by atoms with Crippen LogP contribution in [-0.2, 0) is 11.3 Å². The molecule has 1 aromatic rings. The molecule has 2 saturated heterocycles. The van der Waals surface area contributed by atoms with Gasteiger partial charge in [-0.25, -0.2) is 9.78 Å². The molecule has 2 aliphatic heterocycles. The fourth-order valence-electron chi connectivity index (χ4n) is 3.83. The number of carbonyl (C=O) groups excluding carboxylic acids is 1. The Morgan fingerprint density at radius 2 is 2.25 bits per heavy atom. The molecule has 0 bridgehead atoms. The molecular weight excluding hydrogens is 324 g/mol. The minimum atomic E-state index is 0.0471. The first-order chi connectivity index (χ1) is 11.5. The maximum absolute atomic E-state index is 12.4. The minimum absolute atomic E-state index is 0.0471. The summed E-state index contributed by atoms with van der Waals surface area (Å²) < 4.78 is 5.94. The summed E-state index contributed by atoms with van der Waals surface area (Å²) in [5, 5.41) is 3.27. The Labute approximate surface area is 148 Å². The molecule has 0 unspecified atom stereocenters. The smallest absolute Gasteiger partial charge is 0.319 e. The first-order valence-corrected chi connectivity index (χ1v) is 9.53. The van der Waals surface area contributed by atoms with Crippen LogP contribution in [0.15, 0.2) is 5.38 Å². The van der Waals surface area contributed by atoms with Crippen LogP contribution >= 0.6 is 11.3 Å². The van der Waals surface area contributed by atoms with Crippen LogP contribution in [0.2, 0.25) is 0 Å². The number of aromatic nitrogens is 1. The number of amides is 2. The summed E-state index contributed by atoms with van der Waals surface area (Å²) in [6, 6.07) is 0.111. The molecule has 7 heteroatoms. The molecule has 1 spiro atoms. The van der Waals surface area contributed by atoms with Crippen molar-refractivity contribution in [3.05, 3.63) is 16.1 Å². The predicted octanol–water partition coefficient (Wildman–Crippen LogP) is 2.05. The highest BCUT2D eigenvalue weighted by Gasteiger charge is 2.40. The van der Waals surface area contributed by atoms with E-state index in [-0.39, 0.29) is 11.4 Å². The molecule has 3 rings (SSSR count). The molecule has 1 atom stereocenters. The average molecular weight is 353 g/mol. The lowest BCUT2D eigenvalue weighted by molar-refractivity contribution is 0.0135. The van der Waals surface area contributed by atoms with E-state index in [2.05, 4.69) is 15.3 Å². The molecule has 1 aromatic heterocycles. The molecule has 0 radical (unpaired) electrons. The van der Waals surface area contributed by atoms with E-state index in [0.717, 1.165) is 69.5 Å². The van der Waals surface area contributed by atoms with E-state index in [0.29, 0.717) is 0 Å². The molecule has 2 fully saturated rings. The molecule has 6 nitrogen and oxygen atoms in total. The minimum Gasteiger partial charge on any atom is -0.379 e. The Balaban J connectivity index is 1.69. The fourth-order valence-corrected chi connectivity index (χ4v) is 4.43. The van der Waals surface area contributed by atoms with Crippen molar-refractivity contribution < 1.29 is 9.53 Å². The molecule has 0 saturated carbocycles. The monoisotopic (exact) mass is 352 g/mol. The first kappa shape index (κ1) is 17.6. The highest BCUT2D eigenvalue weighted by molar-refractivity contribution is 7.09. The van der Waals surface area contributed by atoms with Crippen molar-refractivity contribution in [2.45, 2.75) is 26.3 Å². The number of likely N-dealkylation sites (tertiary alicyclic amines) is 1. The second-order valence-corrected chi connectivity index (χ2v) is 8.39. The van der Waals surface area contributed by atoms with Crippen molar-refractivity contribution >= 4 is 17.4 Å². The van der Waals surface area contributed by atoms with Crippen LogP contribution in [0.5, 0.6) is 0 Å². The third-order valence-corrected chi connectivity index (χ3v) is 5.71. The molecule has 134 valence electrons. The van der Waals surface area contributed by atoms with Gasteiger partial charge in [0.2, 0.25) is 0 Å². The third kappa shape index (κ3) is 4.07. The van der Waals surface area contributed by atoms with E-state index in [1.807, 2.05) is 25.9 Å². The highest BCUT2D eigenvalue weighted by atomic mass is 32.1. The van der Waals surface area contributed by atoms with Gasteiger partial charge in [0.15, 0.2) is 0 Å². The Bertz CT molecular complexity index is 577. The van der Waals surface area contributed by atoms with Gasteiger partial charge in [0.1, 0.15) is 0 Å². The van der Waals surface area contributed by atoms with Crippen LogP contribution in [0.4, 0.5) is 4.79 Å².